The van der Waals surface area contributed by atoms with E-state index in [1.54, 1.807) is 19.4 Å². The Kier molecular flexibility index (Phi) is 5.56. The monoisotopic (exact) mass is 362 g/mol. The van der Waals surface area contributed by atoms with Crippen LogP contribution in [0.1, 0.15) is 10.5 Å². The summed E-state index contributed by atoms with van der Waals surface area (Å²) in [4.78, 5) is 18.7. The Morgan fingerprint density at radius 3 is 2.41 bits per heavy atom. The molecule has 138 valence electrons. The highest BCUT2D eigenvalue weighted by atomic mass is 16.5. The number of aromatic nitrogens is 1. The van der Waals surface area contributed by atoms with Crippen LogP contribution in [0.15, 0.2) is 66.9 Å². The summed E-state index contributed by atoms with van der Waals surface area (Å²) in [7, 11) is 5.57. The van der Waals surface area contributed by atoms with Crippen LogP contribution < -0.4 is 20.3 Å². The van der Waals surface area contributed by atoms with Gasteiger partial charge in [0.15, 0.2) is 0 Å². The topological polar surface area (TPSA) is 66.5 Å². The van der Waals surface area contributed by atoms with Crippen molar-refractivity contribution in [2.45, 2.75) is 0 Å². The Hall–Kier alpha value is -3.54. The molecule has 1 amide bonds. The Bertz CT molecular complexity index is 923. The van der Waals surface area contributed by atoms with E-state index in [0.717, 1.165) is 28.5 Å². The van der Waals surface area contributed by atoms with Crippen molar-refractivity contribution in [1.29, 1.82) is 0 Å². The summed E-state index contributed by atoms with van der Waals surface area (Å²) in [6.45, 7) is 0. The standard InChI is InChI=1S/C21H22N4O2/c1-25(2)18-9-7-15(8-10-18)24-21(26)20-14-17(11-12-22-20)23-16-5-4-6-19(13-16)27-3/h4-14H,1-3H3,(H,22,23)(H,24,26). The van der Waals surface area contributed by atoms with Gasteiger partial charge < -0.3 is 20.3 Å². The van der Waals surface area contributed by atoms with Gasteiger partial charge in [0.2, 0.25) is 0 Å². The summed E-state index contributed by atoms with van der Waals surface area (Å²) >= 11 is 0. The molecule has 0 unspecified atom stereocenters. The summed E-state index contributed by atoms with van der Waals surface area (Å²) in [5.74, 6) is 0.495. The van der Waals surface area contributed by atoms with Crippen LogP contribution in [-0.4, -0.2) is 32.1 Å². The van der Waals surface area contributed by atoms with E-state index in [0.29, 0.717) is 5.69 Å². The second-order valence-corrected chi connectivity index (χ2v) is 6.18. The van der Waals surface area contributed by atoms with Gasteiger partial charge in [0.05, 0.1) is 7.11 Å². The van der Waals surface area contributed by atoms with Crippen molar-refractivity contribution in [3.8, 4) is 5.75 Å². The lowest BCUT2D eigenvalue weighted by Gasteiger charge is -2.13. The first-order valence-corrected chi connectivity index (χ1v) is 8.51. The molecule has 27 heavy (non-hydrogen) atoms. The molecule has 1 heterocycles. The predicted octanol–water partition coefficient (Wildman–Crippen LogP) is 4.15. The van der Waals surface area contributed by atoms with Gasteiger partial charge in [-0.3, -0.25) is 9.78 Å². The van der Waals surface area contributed by atoms with Gasteiger partial charge in [0.1, 0.15) is 11.4 Å². The number of hydrogen-bond donors (Lipinski definition) is 2. The second kappa shape index (κ2) is 8.23. The van der Waals surface area contributed by atoms with Crippen molar-refractivity contribution in [3.63, 3.8) is 0 Å². The van der Waals surface area contributed by atoms with E-state index in [9.17, 15) is 4.79 Å². The predicted molar refractivity (Wildman–Crippen MR) is 109 cm³/mol. The minimum absolute atomic E-state index is 0.262. The number of anilines is 4. The van der Waals surface area contributed by atoms with Crippen molar-refractivity contribution >= 4 is 28.7 Å². The van der Waals surface area contributed by atoms with Gasteiger partial charge in [-0.2, -0.15) is 0 Å². The Labute approximate surface area is 158 Å². The number of pyridine rings is 1. The average Bonchev–Trinajstić information content (AvgIpc) is 2.68. The molecule has 0 aliphatic heterocycles. The third-order valence-corrected chi connectivity index (χ3v) is 3.99. The number of amides is 1. The number of nitrogens with zero attached hydrogens (tertiary/aromatic N) is 2. The third kappa shape index (κ3) is 4.76. The molecule has 3 aromatic rings. The maximum Gasteiger partial charge on any atom is 0.274 e. The average molecular weight is 362 g/mol. The fourth-order valence-corrected chi connectivity index (χ4v) is 2.54. The van der Waals surface area contributed by atoms with Crippen molar-refractivity contribution in [1.82, 2.24) is 4.98 Å². The first-order chi connectivity index (χ1) is 13.0. The summed E-state index contributed by atoms with van der Waals surface area (Å²) in [5, 5.41) is 6.12. The van der Waals surface area contributed by atoms with Gasteiger partial charge in [-0.25, -0.2) is 0 Å². The van der Waals surface area contributed by atoms with Gasteiger partial charge in [-0.15, -0.1) is 0 Å². The molecule has 0 bridgehead atoms. The molecular formula is C21H22N4O2. The van der Waals surface area contributed by atoms with Crippen LogP contribution >= 0.6 is 0 Å². The van der Waals surface area contributed by atoms with E-state index in [1.165, 1.54) is 0 Å². The molecule has 0 saturated heterocycles. The highest BCUT2D eigenvalue weighted by Gasteiger charge is 2.09. The molecule has 2 aromatic carbocycles. The van der Waals surface area contributed by atoms with Crippen LogP contribution in [-0.2, 0) is 0 Å². The normalized spacial score (nSPS) is 10.2. The Balaban J connectivity index is 1.71. The minimum Gasteiger partial charge on any atom is -0.497 e. The molecule has 6 nitrogen and oxygen atoms in total. The number of rotatable bonds is 6. The van der Waals surface area contributed by atoms with Crippen LogP contribution in [0.25, 0.3) is 0 Å². The summed E-state index contributed by atoms with van der Waals surface area (Å²) in [6.07, 6.45) is 1.60. The van der Waals surface area contributed by atoms with E-state index in [4.69, 9.17) is 4.74 Å². The van der Waals surface area contributed by atoms with E-state index >= 15 is 0 Å². The number of ether oxygens (including phenoxy) is 1. The molecule has 0 saturated carbocycles. The zero-order valence-electron chi connectivity index (χ0n) is 15.6. The van der Waals surface area contributed by atoms with Crippen molar-refractivity contribution in [3.05, 3.63) is 72.6 Å². The lowest BCUT2D eigenvalue weighted by Crippen LogP contribution is -2.14. The lowest BCUT2D eigenvalue weighted by atomic mass is 10.2. The first kappa shape index (κ1) is 18.3. The highest BCUT2D eigenvalue weighted by Crippen LogP contribution is 2.22. The van der Waals surface area contributed by atoms with Gasteiger partial charge in [-0.05, 0) is 48.5 Å². The number of benzene rings is 2. The molecule has 0 aliphatic rings. The largest absolute Gasteiger partial charge is 0.497 e. The van der Waals surface area contributed by atoms with Crippen molar-refractivity contribution in [2.75, 3.05) is 36.7 Å². The van der Waals surface area contributed by atoms with Gasteiger partial charge in [-0.1, -0.05) is 6.07 Å². The van der Waals surface area contributed by atoms with Crippen LogP contribution in [0, 0.1) is 0 Å². The molecule has 0 aliphatic carbocycles. The number of methoxy groups -OCH3 is 1. The molecule has 1 aromatic heterocycles. The molecule has 3 rings (SSSR count). The quantitative estimate of drug-likeness (QED) is 0.689. The van der Waals surface area contributed by atoms with E-state index in [1.807, 2.05) is 73.6 Å². The highest BCUT2D eigenvalue weighted by molar-refractivity contribution is 6.03. The second-order valence-electron chi connectivity index (χ2n) is 6.18. The number of hydrogen-bond acceptors (Lipinski definition) is 5. The zero-order chi connectivity index (χ0) is 19.2. The lowest BCUT2D eigenvalue weighted by molar-refractivity contribution is 0.102. The van der Waals surface area contributed by atoms with Crippen LogP contribution in [0.3, 0.4) is 0 Å². The molecule has 0 radical (unpaired) electrons. The summed E-state index contributed by atoms with van der Waals surface area (Å²) in [6, 6.07) is 18.7. The fraction of sp³-hybridized carbons (Fsp3) is 0.143. The first-order valence-electron chi connectivity index (χ1n) is 8.51. The minimum atomic E-state index is -0.262. The SMILES string of the molecule is COc1cccc(Nc2ccnc(C(=O)Nc3ccc(N(C)C)cc3)c2)c1. The number of nitrogens with one attached hydrogen (secondary N) is 2. The number of carbonyl (C=O) groups excluding carboxylic acids is 1. The Morgan fingerprint density at radius 1 is 0.963 bits per heavy atom. The molecule has 6 heteroatoms. The molecular weight excluding hydrogens is 340 g/mol. The van der Waals surface area contributed by atoms with E-state index < -0.39 is 0 Å². The van der Waals surface area contributed by atoms with Crippen LogP contribution in [0.2, 0.25) is 0 Å². The van der Waals surface area contributed by atoms with E-state index in [2.05, 4.69) is 15.6 Å². The molecule has 2 N–H and O–H groups in total. The summed E-state index contributed by atoms with van der Waals surface area (Å²) < 4.78 is 5.22. The van der Waals surface area contributed by atoms with Gasteiger partial charge in [0, 0.05) is 49.1 Å². The Morgan fingerprint density at radius 2 is 1.70 bits per heavy atom. The van der Waals surface area contributed by atoms with Crippen molar-refractivity contribution in [2.24, 2.45) is 0 Å². The maximum atomic E-state index is 12.5. The molecule has 0 spiro atoms. The third-order valence-electron chi connectivity index (χ3n) is 3.99. The molecule has 0 fully saturated rings. The zero-order valence-corrected chi connectivity index (χ0v) is 15.6. The fourth-order valence-electron chi connectivity index (χ4n) is 2.54. The molecule has 0 atom stereocenters. The van der Waals surface area contributed by atoms with Gasteiger partial charge >= 0.3 is 0 Å². The van der Waals surface area contributed by atoms with Gasteiger partial charge in [0.25, 0.3) is 5.91 Å². The van der Waals surface area contributed by atoms with Crippen LogP contribution in [0.5, 0.6) is 5.75 Å². The van der Waals surface area contributed by atoms with Crippen molar-refractivity contribution < 1.29 is 9.53 Å². The summed E-state index contributed by atoms with van der Waals surface area (Å²) in [5.41, 5.74) is 3.76. The van der Waals surface area contributed by atoms with Crippen LogP contribution in [0.4, 0.5) is 22.7 Å². The maximum absolute atomic E-state index is 12.5. The number of carbonyl (C=O) groups is 1. The van der Waals surface area contributed by atoms with E-state index in [-0.39, 0.29) is 5.91 Å². The smallest absolute Gasteiger partial charge is 0.274 e.